The second-order valence-electron chi connectivity index (χ2n) is 8.35. The molecule has 2 unspecified atom stereocenters. The van der Waals surface area contributed by atoms with Gasteiger partial charge < -0.3 is 9.47 Å². The van der Waals surface area contributed by atoms with Crippen molar-refractivity contribution < 1.29 is 19.1 Å². The SMILES string of the molecule is CC(C)CCCCCCOC(=O)C1CCCC(C(=O)OCC(C)C)C1. The van der Waals surface area contributed by atoms with Crippen LogP contribution in [0.4, 0.5) is 0 Å². The quantitative estimate of drug-likeness (QED) is 0.381. The van der Waals surface area contributed by atoms with Gasteiger partial charge in [-0.15, -0.1) is 0 Å². The van der Waals surface area contributed by atoms with Crippen LogP contribution in [0.3, 0.4) is 0 Å². The van der Waals surface area contributed by atoms with Crippen molar-refractivity contribution in [3.8, 4) is 0 Å². The maximum Gasteiger partial charge on any atom is 0.308 e. The summed E-state index contributed by atoms with van der Waals surface area (Å²) in [4.78, 5) is 24.3. The Morgan fingerprint density at radius 1 is 0.840 bits per heavy atom. The Labute approximate surface area is 154 Å². The van der Waals surface area contributed by atoms with Crippen LogP contribution in [-0.2, 0) is 19.1 Å². The molecule has 146 valence electrons. The van der Waals surface area contributed by atoms with Gasteiger partial charge in [-0.25, -0.2) is 0 Å². The van der Waals surface area contributed by atoms with Crippen LogP contribution in [-0.4, -0.2) is 25.2 Å². The van der Waals surface area contributed by atoms with E-state index in [2.05, 4.69) is 13.8 Å². The van der Waals surface area contributed by atoms with E-state index in [-0.39, 0.29) is 23.8 Å². The molecular formula is C21H38O4. The molecule has 4 heteroatoms. The van der Waals surface area contributed by atoms with E-state index >= 15 is 0 Å². The van der Waals surface area contributed by atoms with Crippen LogP contribution in [0.2, 0.25) is 0 Å². The minimum Gasteiger partial charge on any atom is -0.465 e. The average Bonchev–Trinajstić information content (AvgIpc) is 2.58. The van der Waals surface area contributed by atoms with Gasteiger partial charge in [-0.1, -0.05) is 59.8 Å². The Hall–Kier alpha value is -1.06. The van der Waals surface area contributed by atoms with Crippen molar-refractivity contribution in [2.24, 2.45) is 23.7 Å². The van der Waals surface area contributed by atoms with Gasteiger partial charge in [0.2, 0.25) is 0 Å². The van der Waals surface area contributed by atoms with Crippen molar-refractivity contribution in [2.45, 2.75) is 85.5 Å². The van der Waals surface area contributed by atoms with Crippen molar-refractivity contribution in [3.05, 3.63) is 0 Å². The predicted octanol–water partition coefficient (Wildman–Crippen LogP) is 5.14. The summed E-state index contributed by atoms with van der Waals surface area (Å²) < 4.78 is 10.8. The van der Waals surface area contributed by atoms with Crippen LogP contribution >= 0.6 is 0 Å². The van der Waals surface area contributed by atoms with E-state index in [0.29, 0.717) is 25.6 Å². The summed E-state index contributed by atoms with van der Waals surface area (Å²) in [6, 6.07) is 0. The van der Waals surface area contributed by atoms with E-state index < -0.39 is 0 Å². The van der Waals surface area contributed by atoms with Crippen molar-refractivity contribution in [3.63, 3.8) is 0 Å². The molecule has 4 nitrogen and oxygen atoms in total. The molecule has 0 bridgehead atoms. The molecule has 25 heavy (non-hydrogen) atoms. The Bertz CT molecular complexity index is 389. The highest BCUT2D eigenvalue weighted by Gasteiger charge is 2.32. The normalized spacial score (nSPS) is 20.7. The lowest BCUT2D eigenvalue weighted by Crippen LogP contribution is -2.30. The van der Waals surface area contributed by atoms with Crippen LogP contribution in [0.5, 0.6) is 0 Å². The summed E-state index contributed by atoms with van der Waals surface area (Å²) in [5.74, 6) is 0.574. The van der Waals surface area contributed by atoms with Gasteiger partial charge in [0.1, 0.15) is 0 Å². The highest BCUT2D eigenvalue weighted by Crippen LogP contribution is 2.31. The van der Waals surface area contributed by atoms with Crippen LogP contribution in [0.15, 0.2) is 0 Å². The molecule has 1 saturated carbocycles. The Balaban J connectivity index is 2.19. The molecule has 0 aliphatic heterocycles. The molecule has 0 radical (unpaired) electrons. The number of carbonyl (C=O) groups excluding carboxylic acids is 2. The highest BCUT2D eigenvalue weighted by molar-refractivity contribution is 5.76. The van der Waals surface area contributed by atoms with E-state index in [1.165, 1.54) is 19.3 Å². The van der Waals surface area contributed by atoms with Crippen molar-refractivity contribution in [2.75, 3.05) is 13.2 Å². The zero-order chi connectivity index (χ0) is 18.7. The smallest absolute Gasteiger partial charge is 0.308 e. The molecule has 0 heterocycles. The lowest BCUT2D eigenvalue weighted by molar-refractivity contribution is -0.155. The van der Waals surface area contributed by atoms with Crippen molar-refractivity contribution in [1.29, 1.82) is 0 Å². The molecule has 0 aromatic carbocycles. The molecule has 1 rings (SSSR count). The number of rotatable bonds is 11. The van der Waals surface area contributed by atoms with Crippen molar-refractivity contribution >= 4 is 11.9 Å². The van der Waals surface area contributed by atoms with Gasteiger partial charge in [0.15, 0.2) is 0 Å². The van der Waals surface area contributed by atoms with Crippen LogP contribution in [0.1, 0.15) is 85.5 Å². The van der Waals surface area contributed by atoms with Gasteiger partial charge in [-0.2, -0.15) is 0 Å². The van der Waals surface area contributed by atoms with Crippen LogP contribution in [0, 0.1) is 23.7 Å². The Morgan fingerprint density at radius 3 is 2.04 bits per heavy atom. The topological polar surface area (TPSA) is 52.6 Å². The largest absolute Gasteiger partial charge is 0.465 e. The molecule has 0 spiro atoms. The lowest BCUT2D eigenvalue weighted by Gasteiger charge is -2.26. The third-order valence-corrected chi connectivity index (χ3v) is 4.82. The standard InChI is InChI=1S/C21H38O4/c1-16(2)10-7-5-6-8-13-24-20(22)18-11-9-12-19(14-18)21(23)25-15-17(3)4/h16-19H,5-15H2,1-4H3. The molecule has 0 saturated heterocycles. The molecule has 0 N–H and O–H groups in total. The maximum atomic E-state index is 12.2. The number of hydrogen-bond acceptors (Lipinski definition) is 4. The van der Waals surface area contributed by atoms with Gasteiger partial charge in [-0.05, 0) is 37.5 Å². The summed E-state index contributed by atoms with van der Waals surface area (Å²) >= 11 is 0. The van der Waals surface area contributed by atoms with E-state index in [4.69, 9.17) is 9.47 Å². The van der Waals surface area contributed by atoms with Crippen molar-refractivity contribution in [1.82, 2.24) is 0 Å². The molecular weight excluding hydrogens is 316 g/mol. The fraction of sp³-hybridized carbons (Fsp3) is 0.905. The monoisotopic (exact) mass is 354 g/mol. The molecule has 1 aliphatic rings. The molecule has 0 aromatic heterocycles. The minimum absolute atomic E-state index is 0.122. The fourth-order valence-corrected chi connectivity index (χ4v) is 3.28. The Kier molecular flexibility index (Phi) is 10.8. The number of ether oxygens (including phenoxy) is 2. The Morgan fingerprint density at radius 2 is 1.44 bits per heavy atom. The summed E-state index contributed by atoms with van der Waals surface area (Å²) in [5, 5.41) is 0. The van der Waals surface area contributed by atoms with Gasteiger partial charge in [0.25, 0.3) is 0 Å². The number of carbonyl (C=O) groups is 2. The average molecular weight is 355 g/mol. The molecule has 0 amide bonds. The second-order valence-corrected chi connectivity index (χ2v) is 8.35. The first-order chi connectivity index (χ1) is 11.9. The molecule has 1 aliphatic carbocycles. The summed E-state index contributed by atoms with van der Waals surface area (Å²) in [6.07, 6.45) is 8.96. The van der Waals surface area contributed by atoms with Gasteiger partial charge in [0.05, 0.1) is 25.0 Å². The fourth-order valence-electron chi connectivity index (χ4n) is 3.28. The summed E-state index contributed by atoms with van der Waals surface area (Å²) in [7, 11) is 0. The van der Waals surface area contributed by atoms with E-state index in [0.717, 1.165) is 38.0 Å². The van der Waals surface area contributed by atoms with E-state index in [1.54, 1.807) is 0 Å². The van der Waals surface area contributed by atoms with Crippen LogP contribution in [0.25, 0.3) is 0 Å². The first-order valence-corrected chi connectivity index (χ1v) is 10.2. The zero-order valence-electron chi connectivity index (χ0n) is 16.7. The number of unbranched alkanes of at least 4 members (excludes halogenated alkanes) is 3. The molecule has 1 fully saturated rings. The first-order valence-electron chi connectivity index (χ1n) is 10.2. The van der Waals surface area contributed by atoms with Crippen LogP contribution < -0.4 is 0 Å². The lowest BCUT2D eigenvalue weighted by atomic mass is 9.81. The minimum atomic E-state index is -0.142. The molecule has 0 aromatic rings. The van der Waals surface area contributed by atoms with Gasteiger partial charge >= 0.3 is 11.9 Å². The van der Waals surface area contributed by atoms with E-state index in [1.807, 2.05) is 13.8 Å². The van der Waals surface area contributed by atoms with E-state index in [9.17, 15) is 9.59 Å². The number of esters is 2. The van der Waals surface area contributed by atoms with Gasteiger partial charge in [0, 0.05) is 0 Å². The zero-order valence-corrected chi connectivity index (χ0v) is 16.7. The summed E-state index contributed by atoms with van der Waals surface area (Å²) in [6.45, 7) is 9.52. The highest BCUT2D eigenvalue weighted by atomic mass is 16.5. The third-order valence-electron chi connectivity index (χ3n) is 4.82. The molecule has 2 atom stereocenters. The maximum absolute atomic E-state index is 12.2. The first kappa shape index (κ1) is 22.0. The van der Waals surface area contributed by atoms with Gasteiger partial charge in [-0.3, -0.25) is 9.59 Å². The second kappa shape index (κ2) is 12.3. The predicted molar refractivity (Wildman–Crippen MR) is 100 cm³/mol. The third kappa shape index (κ3) is 9.86. The summed E-state index contributed by atoms with van der Waals surface area (Å²) in [5.41, 5.74) is 0. The number of hydrogen-bond donors (Lipinski definition) is 0.